The number of carbonyl (C=O) groups excluding carboxylic acids is 2. The number of hydrogen-bond donors (Lipinski definition) is 0. The first-order valence-corrected chi connectivity index (χ1v) is 8.14. The number of carbonyl (C=O) groups is 2. The Labute approximate surface area is 160 Å². The minimum absolute atomic E-state index is 0. The number of hydrogen-bond acceptors (Lipinski definition) is 4. The molecule has 0 heterocycles. The fourth-order valence-electron chi connectivity index (χ4n) is 2.32. The van der Waals surface area contributed by atoms with Crippen molar-refractivity contribution in [3.05, 3.63) is 35.4 Å². The molecule has 0 radical (unpaired) electrons. The van der Waals surface area contributed by atoms with Gasteiger partial charge in [0.25, 0.3) is 0 Å². The average Bonchev–Trinajstić information content (AvgIpc) is 2.53. The molecule has 0 N–H and O–H groups in total. The molecule has 1 aromatic rings. The van der Waals surface area contributed by atoms with E-state index in [0.29, 0.717) is 6.61 Å². The average molecular weight is 328 g/mol. The Balaban J connectivity index is 0.00000484. The molecule has 4 nitrogen and oxygen atoms in total. The largest absolute Gasteiger partial charge is 1.00 e. The van der Waals surface area contributed by atoms with Crippen molar-refractivity contribution in [3.8, 4) is 0 Å². The SMILES string of the molecule is CCCCCCCCCCOC(=O)c1ccccc1C(=O)[O-].[Na+]. The molecule has 0 aliphatic carbocycles. The van der Waals surface area contributed by atoms with Crippen LogP contribution in [0.5, 0.6) is 0 Å². The molecule has 0 spiro atoms. The molecule has 0 bridgehead atoms. The Morgan fingerprint density at radius 2 is 1.43 bits per heavy atom. The number of carboxylic acid groups (broad SMARTS) is 1. The Morgan fingerprint density at radius 1 is 0.913 bits per heavy atom. The van der Waals surface area contributed by atoms with E-state index in [1.54, 1.807) is 12.1 Å². The Morgan fingerprint density at radius 3 is 2.00 bits per heavy atom. The van der Waals surface area contributed by atoms with E-state index in [0.717, 1.165) is 19.3 Å². The predicted octanol–water partition coefficient (Wildman–Crippen LogP) is 0.352. The summed E-state index contributed by atoms with van der Waals surface area (Å²) in [7, 11) is 0. The monoisotopic (exact) mass is 328 g/mol. The van der Waals surface area contributed by atoms with Crippen molar-refractivity contribution in [1.82, 2.24) is 0 Å². The van der Waals surface area contributed by atoms with E-state index >= 15 is 0 Å². The van der Waals surface area contributed by atoms with Crippen molar-refractivity contribution in [3.63, 3.8) is 0 Å². The molecule has 0 atom stereocenters. The van der Waals surface area contributed by atoms with Gasteiger partial charge in [-0.2, -0.15) is 0 Å². The second-order valence-corrected chi connectivity index (χ2v) is 5.44. The van der Waals surface area contributed by atoms with Crippen molar-refractivity contribution in [2.75, 3.05) is 6.61 Å². The van der Waals surface area contributed by atoms with Crippen molar-refractivity contribution < 1.29 is 49.0 Å². The number of esters is 1. The van der Waals surface area contributed by atoms with Gasteiger partial charge in [0.05, 0.1) is 18.1 Å². The summed E-state index contributed by atoms with van der Waals surface area (Å²) in [5, 5.41) is 10.9. The van der Waals surface area contributed by atoms with Gasteiger partial charge in [-0.3, -0.25) is 0 Å². The zero-order valence-electron chi connectivity index (χ0n) is 14.3. The van der Waals surface area contributed by atoms with E-state index in [-0.39, 0.29) is 40.7 Å². The molecule has 23 heavy (non-hydrogen) atoms. The van der Waals surface area contributed by atoms with Crippen LogP contribution in [0.4, 0.5) is 0 Å². The van der Waals surface area contributed by atoms with Gasteiger partial charge in [0.1, 0.15) is 0 Å². The summed E-state index contributed by atoms with van der Waals surface area (Å²) in [5.74, 6) is -1.96. The number of rotatable bonds is 11. The number of benzene rings is 1. The van der Waals surface area contributed by atoms with Gasteiger partial charge in [-0.25, -0.2) is 4.79 Å². The Kier molecular flexibility index (Phi) is 13.1. The molecule has 0 unspecified atom stereocenters. The third-order valence-electron chi connectivity index (χ3n) is 3.60. The van der Waals surface area contributed by atoms with Crippen LogP contribution >= 0.6 is 0 Å². The molecule has 122 valence electrons. The van der Waals surface area contributed by atoms with Crippen LogP contribution in [0.2, 0.25) is 0 Å². The second kappa shape index (κ2) is 13.6. The first kappa shape index (κ1) is 22.2. The van der Waals surface area contributed by atoms with Crippen LogP contribution in [0.1, 0.15) is 79.0 Å². The Bertz CT molecular complexity index is 474. The van der Waals surface area contributed by atoms with E-state index in [4.69, 9.17) is 4.74 Å². The van der Waals surface area contributed by atoms with E-state index in [2.05, 4.69) is 6.92 Å². The molecular formula is C18H25NaO4. The van der Waals surface area contributed by atoms with Gasteiger partial charge in [-0.1, -0.05) is 70.1 Å². The van der Waals surface area contributed by atoms with Gasteiger partial charge in [0.2, 0.25) is 0 Å². The third kappa shape index (κ3) is 9.14. The van der Waals surface area contributed by atoms with Gasteiger partial charge in [-0.05, 0) is 12.5 Å². The zero-order valence-corrected chi connectivity index (χ0v) is 16.3. The van der Waals surface area contributed by atoms with Crippen LogP contribution in [0, 0.1) is 0 Å². The van der Waals surface area contributed by atoms with Crippen LogP contribution < -0.4 is 34.7 Å². The Hall–Kier alpha value is -0.840. The van der Waals surface area contributed by atoms with Crippen LogP contribution in [-0.4, -0.2) is 18.5 Å². The van der Waals surface area contributed by atoms with E-state index in [1.165, 1.54) is 44.2 Å². The summed E-state index contributed by atoms with van der Waals surface area (Å²) in [6.45, 7) is 2.53. The summed E-state index contributed by atoms with van der Waals surface area (Å²) in [6, 6.07) is 5.96. The predicted molar refractivity (Wildman–Crippen MR) is 83.7 cm³/mol. The number of aromatic carboxylic acids is 1. The van der Waals surface area contributed by atoms with Crippen molar-refractivity contribution in [1.29, 1.82) is 0 Å². The first-order valence-electron chi connectivity index (χ1n) is 8.14. The fourth-order valence-corrected chi connectivity index (χ4v) is 2.32. The van der Waals surface area contributed by atoms with Crippen LogP contribution in [-0.2, 0) is 4.74 Å². The molecule has 0 aliphatic heterocycles. The third-order valence-corrected chi connectivity index (χ3v) is 3.60. The van der Waals surface area contributed by atoms with Crippen LogP contribution in [0.3, 0.4) is 0 Å². The van der Waals surface area contributed by atoms with E-state index in [1.807, 2.05) is 0 Å². The minimum Gasteiger partial charge on any atom is -0.545 e. The van der Waals surface area contributed by atoms with Gasteiger partial charge in [0.15, 0.2) is 0 Å². The topological polar surface area (TPSA) is 66.4 Å². The molecule has 0 saturated carbocycles. The van der Waals surface area contributed by atoms with Gasteiger partial charge >= 0.3 is 35.5 Å². The molecule has 1 aromatic carbocycles. The zero-order chi connectivity index (χ0) is 16.2. The number of ether oxygens (including phenoxy) is 1. The summed E-state index contributed by atoms with van der Waals surface area (Å²) in [6.07, 6.45) is 9.34. The summed E-state index contributed by atoms with van der Waals surface area (Å²) in [5.41, 5.74) is -0.0644. The molecule has 0 aliphatic rings. The summed E-state index contributed by atoms with van der Waals surface area (Å²) >= 11 is 0. The summed E-state index contributed by atoms with van der Waals surface area (Å²) in [4.78, 5) is 22.8. The number of carboxylic acids is 1. The van der Waals surface area contributed by atoms with E-state index in [9.17, 15) is 14.7 Å². The smallest absolute Gasteiger partial charge is 0.545 e. The summed E-state index contributed by atoms with van der Waals surface area (Å²) < 4.78 is 5.13. The van der Waals surface area contributed by atoms with Crippen LogP contribution in [0.15, 0.2) is 24.3 Å². The standard InChI is InChI=1S/C18H26O4.Na/c1-2-3-4-5-6-7-8-11-14-22-18(21)16-13-10-9-12-15(16)17(19)20;/h9-10,12-13H,2-8,11,14H2,1H3,(H,19,20);/q;+1/p-1. The molecule has 0 aromatic heterocycles. The normalized spacial score (nSPS) is 9.96. The molecular weight excluding hydrogens is 303 g/mol. The minimum atomic E-state index is -1.36. The fraction of sp³-hybridized carbons (Fsp3) is 0.556. The van der Waals surface area contributed by atoms with Crippen molar-refractivity contribution >= 4 is 11.9 Å². The maximum atomic E-state index is 11.9. The number of unbranched alkanes of at least 4 members (excludes halogenated alkanes) is 7. The van der Waals surface area contributed by atoms with E-state index < -0.39 is 11.9 Å². The van der Waals surface area contributed by atoms with Gasteiger partial charge < -0.3 is 14.6 Å². The molecule has 1 rings (SSSR count). The quantitative estimate of drug-likeness (QED) is 0.334. The van der Waals surface area contributed by atoms with Crippen molar-refractivity contribution in [2.45, 2.75) is 58.3 Å². The second-order valence-electron chi connectivity index (χ2n) is 5.44. The molecule has 0 saturated heterocycles. The van der Waals surface area contributed by atoms with Crippen molar-refractivity contribution in [2.24, 2.45) is 0 Å². The first-order chi connectivity index (χ1) is 10.7. The maximum Gasteiger partial charge on any atom is 1.00 e. The van der Waals surface area contributed by atoms with Gasteiger partial charge in [-0.15, -0.1) is 0 Å². The molecule has 0 fully saturated rings. The maximum absolute atomic E-state index is 11.9. The van der Waals surface area contributed by atoms with Crippen LogP contribution in [0.25, 0.3) is 0 Å². The molecule has 5 heteroatoms. The molecule has 0 amide bonds. The van der Waals surface area contributed by atoms with Gasteiger partial charge in [0, 0.05) is 5.56 Å².